The zero-order valence-corrected chi connectivity index (χ0v) is 11.7. The zero-order valence-electron chi connectivity index (χ0n) is 10.1. The molecule has 16 heavy (non-hydrogen) atoms. The van der Waals surface area contributed by atoms with E-state index in [2.05, 4.69) is 18.3 Å². The Morgan fingerprint density at radius 1 is 1.50 bits per heavy atom. The van der Waals surface area contributed by atoms with Crippen molar-refractivity contribution >= 4 is 22.9 Å². The predicted octanol–water partition coefficient (Wildman–Crippen LogP) is 3.35. The highest BCUT2D eigenvalue weighted by molar-refractivity contribution is 7.16. The number of nitrogens with one attached hydrogen (secondary N) is 1. The Hall–Kier alpha value is -0.0900. The van der Waals surface area contributed by atoms with Crippen molar-refractivity contribution in [3.05, 3.63) is 21.3 Å². The van der Waals surface area contributed by atoms with Crippen LogP contribution in [0.3, 0.4) is 0 Å². The van der Waals surface area contributed by atoms with E-state index in [1.807, 2.05) is 13.1 Å². The van der Waals surface area contributed by atoms with Gasteiger partial charge in [-0.25, -0.2) is 0 Å². The summed E-state index contributed by atoms with van der Waals surface area (Å²) in [5.74, 6) is 0. The second kappa shape index (κ2) is 7.28. The van der Waals surface area contributed by atoms with Gasteiger partial charge >= 0.3 is 0 Å². The fourth-order valence-electron chi connectivity index (χ4n) is 1.87. The molecule has 0 aliphatic carbocycles. The van der Waals surface area contributed by atoms with Crippen molar-refractivity contribution in [1.82, 2.24) is 5.32 Å². The van der Waals surface area contributed by atoms with Crippen LogP contribution in [0.25, 0.3) is 0 Å². The first-order valence-corrected chi connectivity index (χ1v) is 6.85. The van der Waals surface area contributed by atoms with E-state index in [9.17, 15) is 0 Å². The Bertz CT molecular complexity index is 303. The smallest absolute Gasteiger partial charge is 0.0931 e. The number of methoxy groups -OCH3 is 1. The van der Waals surface area contributed by atoms with Crippen LogP contribution in [-0.4, -0.2) is 26.3 Å². The Morgan fingerprint density at radius 3 is 2.69 bits per heavy atom. The van der Waals surface area contributed by atoms with Gasteiger partial charge in [0.15, 0.2) is 0 Å². The first-order valence-electron chi connectivity index (χ1n) is 5.65. The molecule has 1 aromatic rings. The number of halogens is 1. The molecule has 0 saturated carbocycles. The van der Waals surface area contributed by atoms with E-state index in [1.165, 1.54) is 4.88 Å². The second-order valence-corrected chi connectivity index (χ2v) is 5.67. The first-order chi connectivity index (χ1) is 7.71. The van der Waals surface area contributed by atoms with Crippen molar-refractivity contribution in [2.24, 2.45) is 0 Å². The van der Waals surface area contributed by atoms with Crippen LogP contribution in [0.4, 0.5) is 0 Å². The highest BCUT2D eigenvalue weighted by Gasteiger charge is 2.19. The lowest BCUT2D eigenvalue weighted by molar-refractivity contribution is 0.0635. The lowest BCUT2D eigenvalue weighted by Crippen LogP contribution is -2.40. The second-order valence-electron chi connectivity index (χ2n) is 3.87. The molecule has 92 valence electrons. The molecular formula is C12H20ClNOS. The SMILES string of the molecule is CCCC(OC)C(Cc1ccc(Cl)s1)NC. The first kappa shape index (κ1) is 14.0. The van der Waals surface area contributed by atoms with Crippen LogP contribution in [0.2, 0.25) is 4.34 Å². The van der Waals surface area contributed by atoms with E-state index in [1.54, 1.807) is 18.4 Å². The van der Waals surface area contributed by atoms with Gasteiger partial charge in [0.1, 0.15) is 0 Å². The van der Waals surface area contributed by atoms with E-state index in [4.69, 9.17) is 16.3 Å². The van der Waals surface area contributed by atoms with Gasteiger partial charge in [-0.05, 0) is 32.0 Å². The minimum Gasteiger partial charge on any atom is -0.380 e. The van der Waals surface area contributed by atoms with Crippen LogP contribution >= 0.6 is 22.9 Å². The summed E-state index contributed by atoms with van der Waals surface area (Å²) in [6.07, 6.45) is 3.48. The maximum atomic E-state index is 5.93. The van der Waals surface area contributed by atoms with Crippen molar-refractivity contribution in [1.29, 1.82) is 0 Å². The van der Waals surface area contributed by atoms with Gasteiger partial charge in [-0.3, -0.25) is 0 Å². The summed E-state index contributed by atoms with van der Waals surface area (Å²) in [4.78, 5) is 1.31. The summed E-state index contributed by atoms with van der Waals surface area (Å²) in [6, 6.07) is 4.41. The Labute approximate surface area is 107 Å². The summed E-state index contributed by atoms with van der Waals surface area (Å²) in [5.41, 5.74) is 0. The molecule has 1 heterocycles. The molecule has 0 radical (unpaired) electrons. The van der Waals surface area contributed by atoms with Gasteiger partial charge in [-0.2, -0.15) is 0 Å². The van der Waals surface area contributed by atoms with Gasteiger partial charge in [0.25, 0.3) is 0 Å². The zero-order chi connectivity index (χ0) is 12.0. The summed E-state index contributed by atoms with van der Waals surface area (Å²) in [5, 5.41) is 3.33. The van der Waals surface area contributed by atoms with Crippen LogP contribution in [0.15, 0.2) is 12.1 Å². The third-order valence-electron chi connectivity index (χ3n) is 2.75. The van der Waals surface area contributed by atoms with Crippen LogP contribution < -0.4 is 5.32 Å². The summed E-state index contributed by atoms with van der Waals surface area (Å²) in [6.45, 7) is 2.18. The van der Waals surface area contributed by atoms with Crippen molar-refractivity contribution in [3.63, 3.8) is 0 Å². The quantitative estimate of drug-likeness (QED) is 0.813. The van der Waals surface area contributed by atoms with Gasteiger partial charge in [0.2, 0.25) is 0 Å². The molecule has 0 aliphatic rings. The lowest BCUT2D eigenvalue weighted by Gasteiger charge is -2.25. The summed E-state index contributed by atoms with van der Waals surface area (Å²) >= 11 is 7.58. The number of rotatable bonds is 7. The fraction of sp³-hybridized carbons (Fsp3) is 0.667. The highest BCUT2D eigenvalue weighted by atomic mass is 35.5. The molecule has 2 atom stereocenters. The maximum absolute atomic E-state index is 5.93. The molecule has 2 unspecified atom stereocenters. The normalized spacial score (nSPS) is 15.0. The molecule has 0 spiro atoms. The third kappa shape index (κ3) is 4.06. The molecule has 0 aromatic carbocycles. The van der Waals surface area contributed by atoms with E-state index >= 15 is 0 Å². The molecule has 1 aromatic heterocycles. The summed E-state index contributed by atoms with van der Waals surface area (Å²) in [7, 11) is 3.77. The average molecular weight is 262 g/mol. The van der Waals surface area contributed by atoms with Crippen LogP contribution in [-0.2, 0) is 11.2 Å². The van der Waals surface area contributed by atoms with Crippen LogP contribution in [0.1, 0.15) is 24.6 Å². The molecule has 1 rings (SSSR count). The van der Waals surface area contributed by atoms with E-state index < -0.39 is 0 Å². The molecule has 2 nitrogen and oxygen atoms in total. The molecule has 0 aliphatic heterocycles. The topological polar surface area (TPSA) is 21.3 Å². The van der Waals surface area contributed by atoms with Gasteiger partial charge in [0.05, 0.1) is 10.4 Å². The number of ether oxygens (including phenoxy) is 1. The number of hydrogen-bond acceptors (Lipinski definition) is 3. The molecule has 0 bridgehead atoms. The molecule has 0 fully saturated rings. The van der Waals surface area contributed by atoms with Gasteiger partial charge in [-0.1, -0.05) is 24.9 Å². The molecular weight excluding hydrogens is 242 g/mol. The third-order valence-corrected chi connectivity index (χ3v) is 4.00. The standard InChI is InChI=1S/C12H20ClNOS/c1-4-5-11(15-3)10(14-2)8-9-6-7-12(13)16-9/h6-7,10-11,14H,4-5,8H2,1-3H3. The number of thiophene rings is 1. The average Bonchev–Trinajstić information content (AvgIpc) is 2.69. The van der Waals surface area contributed by atoms with Crippen molar-refractivity contribution in [2.75, 3.05) is 14.2 Å². The fourth-order valence-corrected chi connectivity index (χ4v) is 3.01. The number of likely N-dealkylation sites (N-methyl/N-ethyl adjacent to an activating group) is 1. The van der Waals surface area contributed by atoms with Crippen molar-refractivity contribution in [3.8, 4) is 0 Å². The van der Waals surface area contributed by atoms with Gasteiger partial charge < -0.3 is 10.1 Å². The summed E-state index contributed by atoms with van der Waals surface area (Å²) < 4.78 is 6.39. The number of hydrogen-bond donors (Lipinski definition) is 1. The van der Waals surface area contributed by atoms with Gasteiger partial charge in [0, 0.05) is 18.0 Å². The maximum Gasteiger partial charge on any atom is 0.0931 e. The molecule has 4 heteroatoms. The van der Waals surface area contributed by atoms with Crippen LogP contribution in [0.5, 0.6) is 0 Å². The minimum atomic E-state index is 0.274. The minimum absolute atomic E-state index is 0.274. The molecule has 0 amide bonds. The lowest BCUT2D eigenvalue weighted by atomic mass is 10.0. The Kier molecular flexibility index (Phi) is 6.36. The van der Waals surface area contributed by atoms with Gasteiger partial charge in [-0.15, -0.1) is 11.3 Å². The monoisotopic (exact) mass is 261 g/mol. The van der Waals surface area contributed by atoms with Crippen LogP contribution in [0, 0.1) is 0 Å². The van der Waals surface area contributed by atoms with E-state index in [0.29, 0.717) is 6.04 Å². The Balaban J connectivity index is 2.59. The largest absolute Gasteiger partial charge is 0.380 e. The van der Waals surface area contributed by atoms with Crippen molar-refractivity contribution in [2.45, 2.75) is 38.3 Å². The van der Waals surface area contributed by atoms with E-state index in [-0.39, 0.29) is 6.10 Å². The molecule has 1 N–H and O–H groups in total. The van der Waals surface area contributed by atoms with E-state index in [0.717, 1.165) is 23.6 Å². The highest BCUT2D eigenvalue weighted by Crippen LogP contribution is 2.23. The Morgan fingerprint density at radius 2 is 2.25 bits per heavy atom. The predicted molar refractivity (Wildman–Crippen MR) is 71.6 cm³/mol. The molecule has 0 saturated heterocycles. The van der Waals surface area contributed by atoms with Crippen molar-refractivity contribution < 1.29 is 4.74 Å².